The normalized spacial score (nSPS) is 43.8. The van der Waals surface area contributed by atoms with Crippen molar-refractivity contribution in [2.24, 2.45) is 0 Å². The van der Waals surface area contributed by atoms with Crippen LogP contribution in [0.3, 0.4) is 0 Å². The molecular formula is C15H22O6. The van der Waals surface area contributed by atoms with Gasteiger partial charge in [-0.15, -0.1) is 0 Å². The fourth-order valence-corrected chi connectivity index (χ4v) is 3.05. The van der Waals surface area contributed by atoms with Crippen LogP contribution in [-0.4, -0.2) is 48.1 Å². The Kier molecular flexibility index (Phi) is 3.31. The summed E-state index contributed by atoms with van der Waals surface area (Å²) in [5, 5.41) is 0. The van der Waals surface area contributed by atoms with Crippen LogP contribution >= 0.6 is 0 Å². The van der Waals surface area contributed by atoms with Crippen LogP contribution < -0.4 is 0 Å². The highest BCUT2D eigenvalue weighted by molar-refractivity contribution is 5.87. The van der Waals surface area contributed by atoms with E-state index in [1.807, 2.05) is 27.7 Å². The van der Waals surface area contributed by atoms with E-state index in [9.17, 15) is 4.79 Å². The molecule has 0 aromatic rings. The molecule has 3 fully saturated rings. The molecule has 3 aliphatic heterocycles. The van der Waals surface area contributed by atoms with E-state index < -0.39 is 23.5 Å². The number of ether oxygens (including phenoxy) is 5. The summed E-state index contributed by atoms with van der Waals surface area (Å²) in [6.45, 7) is 9.23. The molecule has 3 heterocycles. The van der Waals surface area contributed by atoms with Crippen molar-refractivity contribution < 1.29 is 28.5 Å². The van der Waals surface area contributed by atoms with Crippen molar-refractivity contribution in [1.29, 1.82) is 0 Å². The van der Waals surface area contributed by atoms with E-state index in [4.69, 9.17) is 23.7 Å². The molecule has 6 heteroatoms. The number of hydrogen-bond donors (Lipinski definition) is 0. The summed E-state index contributed by atoms with van der Waals surface area (Å²) in [5.41, 5.74) is 0. The van der Waals surface area contributed by atoms with Gasteiger partial charge in [-0.2, -0.15) is 0 Å². The maximum Gasteiger partial charge on any atom is 0.221 e. The zero-order valence-electron chi connectivity index (χ0n) is 13.0. The number of carbonyl (C=O) groups is 1. The van der Waals surface area contributed by atoms with Gasteiger partial charge in [-0.3, -0.25) is 4.79 Å². The average molecular weight is 298 g/mol. The van der Waals surface area contributed by atoms with E-state index in [0.29, 0.717) is 6.61 Å². The van der Waals surface area contributed by atoms with Crippen molar-refractivity contribution >= 4 is 5.78 Å². The van der Waals surface area contributed by atoms with Gasteiger partial charge in [0.25, 0.3) is 0 Å². The van der Waals surface area contributed by atoms with Crippen LogP contribution in [0.15, 0.2) is 12.2 Å². The van der Waals surface area contributed by atoms with Gasteiger partial charge in [-0.1, -0.05) is 0 Å². The molecule has 0 unspecified atom stereocenters. The molecule has 3 aliphatic rings. The van der Waals surface area contributed by atoms with Gasteiger partial charge in [-0.25, -0.2) is 0 Å². The third kappa shape index (κ3) is 2.66. The van der Waals surface area contributed by atoms with Crippen LogP contribution in [0, 0.1) is 0 Å². The van der Waals surface area contributed by atoms with E-state index in [1.54, 1.807) is 6.08 Å². The predicted octanol–water partition coefficient (Wildman–Crippen LogP) is 1.53. The van der Waals surface area contributed by atoms with Gasteiger partial charge in [0.15, 0.2) is 17.4 Å². The Hall–Kier alpha value is -0.790. The smallest absolute Gasteiger partial charge is 0.221 e. The zero-order chi connectivity index (χ0) is 15.5. The monoisotopic (exact) mass is 298 g/mol. The number of rotatable bonds is 2. The average Bonchev–Trinajstić information content (AvgIpc) is 2.74. The molecule has 0 radical (unpaired) electrons. The van der Waals surface area contributed by atoms with Crippen LogP contribution in [0.2, 0.25) is 0 Å². The fourth-order valence-electron chi connectivity index (χ4n) is 3.05. The summed E-state index contributed by atoms with van der Waals surface area (Å²) < 4.78 is 29.5. The van der Waals surface area contributed by atoms with Gasteiger partial charge in [0.1, 0.15) is 18.3 Å². The molecule has 0 amide bonds. The minimum atomic E-state index is -1.10. The summed E-state index contributed by atoms with van der Waals surface area (Å²) in [7, 11) is 0. The summed E-state index contributed by atoms with van der Waals surface area (Å²) >= 11 is 0. The van der Waals surface area contributed by atoms with E-state index in [1.165, 1.54) is 13.0 Å². The topological polar surface area (TPSA) is 63.2 Å². The van der Waals surface area contributed by atoms with Gasteiger partial charge < -0.3 is 23.7 Å². The molecule has 3 saturated heterocycles. The van der Waals surface area contributed by atoms with Crippen molar-refractivity contribution in [2.45, 2.75) is 70.3 Å². The molecule has 3 rings (SSSR count). The lowest BCUT2D eigenvalue weighted by atomic mass is 10.0. The molecule has 21 heavy (non-hydrogen) atoms. The summed E-state index contributed by atoms with van der Waals surface area (Å²) in [5.74, 6) is -2.68. The molecule has 0 bridgehead atoms. The van der Waals surface area contributed by atoms with Gasteiger partial charge in [0, 0.05) is 0 Å². The highest BCUT2D eigenvalue weighted by Gasteiger charge is 2.66. The molecule has 6 nitrogen and oxygen atoms in total. The lowest BCUT2D eigenvalue weighted by Crippen LogP contribution is -2.51. The third-order valence-electron chi connectivity index (χ3n) is 3.78. The molecule has 0 aromatic carbocycles. The van der Waals surface area contributed by atoms with Crippen molar-refractivity contribution in [3.05, 3.63) is 12.2 Å². The maximum atomic E-state index is 11.3. The second kappa shape index (κ2) is 4.60. The van der Waals surface area contributed by atoms with Gasteiger partial charge in [-0.05, 0) is 46.8 Å². The Morgan fingerprint density at radius 3 is 2.48 bits per heavy atom. The van der Waals surface area contributed by atoms with Crippen molar-refractivity contribution in [3.63, 3.8) is 0 Å². The number of carbonyl (C=O) groups excluding carboxylic acids is 1. The fraction of sp³-hybridized carbons (Fsp3) is 0.800. The lowest BCUT2D eigenvalue weighted by Gasteiger charge is -2.38. The maximum absolute atomic E-state index is 11.3. The number of allylic oxidation sites excluding steroid dienone is 1. The summed E-state index contributed by atoms with van der Waals surface area (Å²) in [6, 6.07) is 0. The molecule has 4 atom stereocenters. The summed E-state index contributed by atoms with van der Waals surface area (Å²) in [4.78, 5) is 11.3. The molecule has 0 N–H and O–H groups in total. The Balaban J connectivity index is 1.92. The highest BCUT2D eigenvalue weighted by atomic mass is 16.9. The van der Waals surface area contributed by atoms with E-state index >= 15 is 0 Å². The van der Waals surface area contributed by atoms with Crippen LogP contribution in [0.25, 0.3) is 0 Å². The molecule has 0 saturated carbocycles. The Labute approximate surface area is 124 Å². The Morgan fingerprint density at radius 1 is 1.10 bits per heavy atom. The van der Waals surface area contributed by atoms with Crippen LogP contribution in [0.4, 0.5) is 0 Å². The van der Waals surface area contributed by atoms with Gasteiger partial charge in [0.05, 0.1) is 6.61 Å². The first-order chi connectivity index (χ1) is 9.63. The molecule has 0 spiro atoms. The van der Waals surface area contributed by atoms with Crippen molar-refractivity contribution in [1.82, 2.24) is 0 Å². The number of fused-ring (bicyclic) bond motifs is 3. The van der Waals surface area contributed by atoms with E-state index in [0.717, 1.165) is 0 Å². The van der Waals surface area contributed by atoms with Gasteiger partial charge >= 0.3 is 0 Å². The number of hydrogen-bond acceptors (Lipinski definition) is 6. The van der Waals surface area contributed by atoms with Crippen LogP contribution in [0.5, 0.6) is 0 Å². The molecule has 0 aliphatic carbocycles. The van der Waals surface area contributed by atoms with Crippen molar-refractivity contribution in [3.8, 4) is 0 Å². The molecule has 118 valence electrons. The number of ketones is 1. The lowest BCUT2D eigenvalue weighted by molar-refractivity contribution is -0.323. The van der Waals surface area contributed by atoms with Crippen LogP contribution in [0.1, 0.15) is 34.6 Å². The SMILES string of the molecule is CC(=O)/C=C/[C@@]12O[C@H]3COC(C)(C)O[C@H]3[C@@H]1OC(C)(C)O2. The minimum Gasteiger partial charge on any atom is -0.348 e. The Morgan fingerprint density at radius 2 is 1.81 bits per heavy atom. The third-order valence-corrected chi connectivity index (χ3v) is 3.78. The first-order valence-corrected chi connectivity index (χ1v) is 7.20. The molecule has 0 aromatic heterocycles. The first kappa shape index (κ1) is 15.1. The predicted molar refractivity (Wildman–Crippen MR) is 72.4 cm³/mol. The summed E-state index contributed by atoms with van der Waals surface area (Å²) in [6.07, 6.45) is 2.06. The van der Waals surface area contributed by atoms with Crippen LogP contribution in [-0.2, 0) is 28.5 Å². The zero-order valence-corrected chi connectivity index (χ0v) is 13.0. The highest BCUT2D eigenvalue weighted by Crippen LogP contribution is 2.49. The van der Waals surface area contributed by atoms with Gasteiger partial charge in [0.2, 0.25) is 5.79 Å². The quantitative estimate of drug-likeness (QED) is 0.720. The minimum absolute atomic E-state index is 0.0765. The second-order valence-corrected chi connectivity index (χ2v) is 6.66. The van der Waals surface area contributed by atoms with E-state index in [2.05, 4.69) is 0 Å². The molecular weight excluding hydrogens is 276 g/mol. The second-order valence-electron chi connectivity index (χ2n) is 6.66. The Bertz CT molecular complexity index is 483. The standard InChI is InChI=1S/C15H22O6/c1-9(16)6-7-15-12(20-14(4,5)21-15)11-10(18-15)8-17-13(2,3)19-11/h6-7,10-12H,8H2,1-5H3/b7-6+/t10-,11+,12-,15-/m0/s1. The van der Waals surface area contributed by atoms with Crippen molar-refractivity contribution in [2.75, 3.05) is 6.61 Å². The first-order valence-electron chi connectivity index (χ1n) is 7.20. The van der Waals surface area contributed by atoms with E-state index in [-0.39, 0.29) is 18.0 Å². The largest absolute Gasteiger partial charge is 0.348 e.